The monoisotopic (exact) mass is 434 g/mol. The van der Waals surface area contributed by atoms with Crippen molar-refractivity contribution >= 4 is 29.2 Å². The molecule has 0 atom stereocenters. The minimum absolute atomic E-state index is 0.176. The molecule has 0 heterocycles. The van der Waals surface area contributed by atoms with E-state index in [1.54, 1.807) is 7.05 Å². The van der Waals surface area contributed by atoms with Crippen molar-refractivity contribution in [3.05, 3.63) is 52.5 Å². The molecule has 0 spiro atoms. The maximum absolute atomic E-state index is 12.4. The van der Waals surface area contributed by atoms with E-state index < -0.39 is 5.97 Å². The third-order valence-electron chi connectivity index (χ3n) is 4.38. The number of ether oxygens (including phenoxy) is 3. The molecule has 2 aromatic carbocycles. The lowest BCUT2D eigenvalue weighted by atomic mass is 10.2. The quantitative estimate of drug-likeness (QED) is 0.561. The molecule has 8 heteroatoms. The molecule has 0 fully saturated rings. The standard InChI is InChI=1S/C22H27ClN2O5/c1-6-29-21-18(23)11-16(12-19(21)28-5)22(27)30-14-20(26)25(4)13-15-7-9-17(10-8-15)24(2)3/h7-12H,6,13-14H2,1-5H3. The summed E-state index contributed by atoms with van der Waals surface area (Å²) in [4.78, 5) is 28.2. The number of methoxy groups -OCH3 is 1. The van der Waals surface area contributed by atoms with Crippen LogP contribution in [-0.4, -0.2) is 58.2 Å². The van der Waals surface area contributed by atoms with Gasteiger partial charge in [-0.1, -0.05) is 23.7 Å². The first-order valence-electron chi connectivity index (χ1n) is 9.44. The lowest BCUT2D eigenvalue weighted by Crippen LogP contribution is -2.30. The smallest absolute Gasteiger partial charge is 0.338 e. The summed E-state index contributed by atoms with van der Waals surface area (Å²) in [5.74, 6) is -0.311. The van der Waals surface area contributed by atoms with E-state index in [0.29, 0.717) is 24.7 Å². The van der Waals surface area contributed by atoms with E-state index >= 15 is 0 Å². The fraction of sp³-hybridized carbons (Fsp3) is 0.364. The lowest BCUT2D eigenvalue weighted by molar-refractivity contribution is -0.133. The number of rotatable bonds is 9. The third-order valence-corrected chi connectivity index (χ3v) is 4.66. The van der Waals surface area contributed by atoms with Gasteiger partial charge in [-0.25, -0.2) is 4.79 Å². The molecule has 0 aliphatic heterocycles. The number of likely N-dealkylation sites (N-methyl/N-ethyl adjacent to an activating group) is 1. The largest absolute Gasteiger partial charge is 0.493 e. The second-order valence-electron chi connectivity index (χ2n) is 6.81. The predicted octanol–water partition coefficient (Wildman–Crippen LogP) is 3.63. The second-order valence-corrected chi connectivity index (χ2v) is 7.22. The molecule has 0 bridgehead atoms. The highest BCUT2D eigenvalue weighted by atomic mass is 35.5. The zero-order valence-electron chi connectivity index (χ0n) is 17.9. The van der Waals surface area contributed by atoms with Gasteiger partial charge in [0.2, 0.25) is 0 Å². The van der Waals surface area contributed by atoms with Crippen LogP contribution in [0.1, 0.15) is 22.8 Å². The first kappa shape index (κ1) is 23.3. The fourth-order valence-corrected chi connectivity index (χ4v) is 2.97. The number of carbonyl (C=O) groups is 2. The van der Waals surface area contributed by atoms with Gasteiger partial charge in [0.25, 0.3) is 5.91 Å². The molecule has 0 radical (unpaired) electrons. The van der Waals surface area contributed by atoms with Crippen LogP contribution in [-0.2, 0) is 16.1 Å². The van der Waals surface area contributed by atoms with Crippen molar-refractivity contribution in [2.45, 2.75) is 13.5 Å². The Morgan fingerprint density at radius 3 is 2.30 bits per heavy atom. The minimum Gasteiger partial charge on any atom is -0.493 e. The molecule has 30 heavy (non-hydrogen) atoms. The van der Waals surface area contributed by atoms with Crippen molar-refractivity contribution in [3.8, 4) is 11.5 Å². The van der Waals surface area contributed by atoms with Gasteiger partial charge in [0.05, 0.1) is 24.3 Å². The molecule has 0 N–H and O–H groups in total. The summed E-state index contributed by atoms with van der Waals surface area (Å²) < 4.78 is 15.8. The number of nitrogens with zero attached hydrogens (tertiary/aromatic N) is 2. The van der Waals surface area contributed by atoms with Gasteiger partial charge in [0.15, 0.2) is 18.1 Å². The van der Waals surface area contributed by atoms with E-state index in [2.05, 4.69) is 0 Å². The Balaban J connectivity index is 1.96. The molecular weight excluding hydrogens is 408 g/mol. The maximum atomic E-state index is 12.4. The maximum Gasteiger partial charge on any atom is 0.338 e. The molecule has 162 valence electrons. The Morgan fingerprint density at radius 1 is 1.07 bits per heavy atom. The average molecular weight is 435 g/mol. The van der Waals surface area contributed by atoms with Crippen LogP contribution in [0.5, 0.6) is 11.5 Å². The number of carbonyl (C=O) groups excluding carboxylic acids is 2. The Morgan fingerprint density at radius 2 is 1.73 bits per heavy atom. The highest BCUT2D eigenvalue weighted by Crippen LogP contribution is 2.36. The highest BCUT2D eigenvalue weighted by molar-refractivity contribution is 6.32. The lowest BCUT2D eigenvalue weighted by Gasteiger charge is -2.18. The van der Waals surface area contributed by atoms with Crippen LogP contribution in [0.25, 0.3) is 0 Å². The summed E-state index contributed by atoms with van der Waals surface area (Å²) in [5.41, 5.74) is 2.23. The van der Waals surface area contributed by atoms with Crippen molar-refractivity contribution in [3.63, 3.8) is 0 Å². The van der Waals surface area contributed by atoms with Crippen LogP contribution in [0.15, 0.2) is 36.4 Å². The van der Waals surface area contributed by atoms with Crippen LogP contribution in [0.3, 0.4) is 0 Å². The van der Waals surface area contributed by atoms with Gasteiger partial charge in [-0.15, -0.1) is 0 Å². The van der Waals surface area contributed by atoms with Crippen molar-refractivity contribution in [2.75, 3.05) is 46.4 Å². The van der Waals surface area contributed by atoms with Gasteiger partial charge in [-0.2, -0.15) is 0 Å². The number of anilines is 1. The summed E-state index contributed by atoms with van der Waals surface area (Å²) in [5, 5.41) is 0.229. The average Bonchev–Trinajstić information content (AvgIpc) is 2.73. The van der Waals surface area contributed by atoms with Crippen LogP contribution in [0, 0.1) is 0 Å². The Kier molecular flexibility index (Phi) is 8.35. The van der Waals surface area contributed by atoms with E-state index in [1.165, 1.54) is 24.1 Å². The topological polar surface area (TPSA) is 68.3 Å². The number of benzene rings is 2. The van der Waals surface area contributed by atoms with E-state index in [0.717, 1.165) is 11.3 Å². The van der Waals surface area contributed by atoms with E-state index in [4.69, 9.17) is 25.8 Å². The van der Waals surface area contributed by atoms with E-state index in [1.807, 2.05) is 50.2 Å². The summed E-state index contributed by atoms with van der Waals surface area (Å²) in [6, 6.07) is 10.8. The summed E-state index contributed by atoms with van der Waals surface area (Å²) in [7, 11) is 7.04. The molecule has 0 aromatic heterocycles. The number of halogens is 1. The van der Waals surface area contributed by atoms with Crippen molar-refractivity contribution < 1.29 is 23.8 Å². The Bertz CT molecular complexity index is 884. The zero-order valence-corrected chi connectivity index (χ0v) is 18.7. The van der Waals surface area contributed by atoms with Crippen LogP contribution >= 0.6 is 11.6 Å². The summed E-state index contributed by atoms with van der Waals surface area (Å²) >= 11 is 6.18. The normalized spacial score (nSPS) is 10.3. The highest BCUT2D eigenvalue weighted by Gasteiger charge is 2.18. The molecule has 0 unspecified atom stereocenters. The summed E-state index contributed by atoms with van der Waals surface area (Å²) in [6.07, 6.45) is 0. The zero-order chi connectivity index (χ0) is 22.3. The summed E-state index contributed by atoms with van der Waals surface area (Å²) in [6.45, 7) is 2.25. The predicted molar refractivity (Wildman–Crippen MR) is 117 cm³/mol. The first-order valence-corrected chi connectivity index (χ1v) is 9.82. The molecule has 0 saturated heterocycles. The van der Waals surface area contributed by atoms with Crippen molar-refractivity contribution in [1.29, 1.82) is 0 Å². The molecular formula is C22H27ClN2O5. The molecule has 2 rings (SSSR count). The van der Waals surface area contributed by atoms with Crippen molar-refractivity contribution in [2.24, 2.45) is 0 Å². The first-order chi connectivity index (χ1) is 14.3. The molecule has 7 nitrogen and oxygen atoms in total. The van der Waals surface area contributed by atoms with E-state index in [9.17, 15) is 9.59 Å². The van der Waals surface area contributed by atoms with E-state index in [-0.39, 0.29) is 23.1 Å². The Labute approximate surface area is 182 Å². The van der Waals surface area contributed by atoms with Gasteiger partial charge in [-0.05, 0) is 36.8 Å². The van der Waals surface area contributed by atoms with Gasteiger partial charge in [-0.3, -0.25) is 4.79 Å². The molecule has 2 aromatic rings. The SMILES string of the molecule is CCOc1c(Cl)cc(C(=O)OCC(=O)N(C)Cc2ccc(N(C)C)cc2)cc1OC. The number of hydrogen-bond acceptors (Lipinski definition) is 6. The van der Waals surface area contributed by atoms with Crippen LogP contribution < -0.4 is 14.4 Å². The second kappa shape index (κ2) is 10.7. The van der Waals surface area contributed by atoms with Gasteiger partial charge < -0.3 is 24.0 Å². The number of amides is 1. The fourth-order valence-electron chi connectivity index (χ4n) is 2.70. The third kappa shape index (κ3) is 6.03. The van der Waals surface area contributed by atoms with Crippen molar-refractivity contribution in [1.82, 2.24) is 4.90 Å². The molecule has 0 saturated carbocycles. The Hall–Kier alpha value is -2.93. The van der Waals surface area contributed by atoms with Crippen LogP contribution in [0.4, 0.5) is 5.69 Å². The number of hydrogen-bond donors (Lipinski definition) is 0. The van der Waals surface area contributed by atoms with Gasteiger partial charge in [0, 0.05) is 33.4 Å². The van der Waals surface area contributed by atoms with Crippen LogP contribution in [0.2, 0.25) is 5.02 Å². The molecule has 0 aliphatic carbocycles. The van der Waals surface area contributed by atoms with Gasteiger partial charge >= 0.3 is 5.97 Å². The minimum atomic E-state index is -0.671. The number of esters is 1. The molecule has 0 aliphatic rings. The molecule has 1 amide bonds. The van der Waals surface area contributed by atoms with Gasteiger partial charge in [0.1, 0.15) is 0 Å².